The monoisotopic (exact) mass is 720 g/mol. The molecule has 0 bridgehead atoms. The molecule has 0 aliphatic heterocycles. The van der Waals surface area contributed by atoms with Crippen molar-refractivity contribution in [1.82, 2.24) is 0 Å². The third-order valence-corrected chi connectivity index (χ3v) is 0. The molecular weight excluding hydrogens is 717 g/mol. The SMILES string of the molecule is O=[Se](O)O.[I][Bi]([I])[I]. The van der Waals surface area contributed by atoms with Crippen molar-refractivity contribution in [3.8, 4) is 0 Å². The van der Waals surface area contributed by atoms with E-state index >= 15 is 0 Å². The summed E-state index contributed by atoms with van der Waals surface area (Å²) in [6, 6.07) is 0. The van der Waals surface area contributed by atoms with Gasteiger partial charge in [-0.25, -0.2) is 0 Å². The number of rotatable bonds is 0. The predicted octanol–water partition coefficient (Wildman–Crippen LogP) is 0.663. The van der Waals surface area contributed by atoms with E-state index in [-0.39, 0.29) is 0 Å². The first kappa shape index (κ1) is 13.9. The summed E-state index contributed by atoms with van der Waals surface area (Å²) >= 11 is 4.27. The minimum atomic E-state index is -3.29. The molecule has 0 radical (unpaired) electrons. The molecular formula is H2BiI3O3Se. The maximum absolute atomic E-state index is 8.76. The fourth-order valence-electron chi connectivity index (χ4n) is 0. The zero-order chi connectivity index (χ0) is 7.15. The number of hydrogen-bond acceptors (Lipinski definition) is 1. The van der Waals surface area contributed by atoms with Crippen LogP contribution in [0.3, 0.4) is 0 Å². The van der Waals surface area contributed by atoms with Gasteiger partial charge in [-0.05, 0) is 0 Å². The molecule has 8 heteroatoms. The van der Waals surface area contributed by atoms with Crippen LogP contribution in [0.15, 0.2) is 0 Å². The number of halogens is 3. The minimum absolute atomic E-state index is 0.683. The van der Waals surface area contributed by atoms with Gasteiger partial charge in [-0.2, -0.15) is 0 Å². The van der Waals surface area contributed by atoms with Crippen LogP contribution in [0.5, 0.6) is 0 Å². The standard InChI is InChI=1S/Bi.3HI.H2O3Se/c;;;;1-4(2)3/h;3*1H;(H2,1,2,3)/q+3;;;;/p-3. The van der Waals surface area contributed by atoms with E-state index in [0.29, 0.717) is 0 Å². The van der Waals surface area contributed by atoms with E-state index in [1.54, 1.807) is 0 Å². The molecule has 0 saturated carbocycles. The zero-order valence-corrected chi connectivity index (χ0v) is 15.0. The van der Waals surface area contributed by atoms with Crippen LogP contribution in [-0.4, -0.2) is 32.1 Å². The van der Waals surface area contributed by atoms with Gasteiger partial charge in [-0.15, -0.1) is 0 Å². The Morgan fingerprint density at radius 1 is 1.25 bits per heavy atom. The van der Waals surface area contributed by atoms with Gasteiger partial charge in [0.15, 0.2) is 0 Å². The molecule has 0 aromatic rings. The summed E-state index contributed by atoms with van der Waals surface area (Å²) in [6.07, 6.45) is 0. The first-order valence-electron chi connectivity index (χ1n) is 1.04. The molecule has 0 heterocycles. The normalized spacial score (nSPS) is 8.88. The Kier molecular flexibility index (Phi) is 17.9. The van der Waals surface area contributed by atoms with E-state index in [2.05, 4.69) is 54.1 Å². The molecule has 0 rings (SSSR count). The molecule has 52 valence electrons. The molecule has 0 aliphatic rings. The van der Waals surface area contributed by atoms with Gasteiger partial charge in [0.25, 0.3) is 0 Å². The summed E-state index contributed by atoms with van der Waals surface area (Å²) in [6.45, 7) is 0. The van der Waals surface area contributed by atoms with Gasteiger partial charge in [-0.1, -0.05) is 0 Å². The Hall–Kier alpha value is 3.31. The quantitative estimate of drug-likeness (QED) is 0.286. The summed E-state index contributed by atoms with van der Waals surface area (Å²) in [5, 5.41) is 0. The summed E-state index contributed by atoms with van der Waals surface area (Å²) in [5.41, 5.74) is 0. The van der Waals surface area contributed by atoms with Gasteiger partial charge in [0.05, 0.1) is 0 Å². The van der Waals surface area contributed by atoms with Crippen molar-refractivity contribution in [2.24, 2.45) is 0 Å². The van der Waals surface area contributed by atoms with Crippen LogP contribution in [0.25, 0.3) is 0 Å². The van der Waals surface area contributed by atoms with Crippen LogP contribution < -0.4 is 0 Å². The van der Waals surface area contributed by atoms with E-state index in [1.165, 1.54) is 0 Å². The third-order valence-electron chi connectivity index (χ3n) is 0. The molecule has 0 unspecified atom stereocenters. The Morgan fingerprint density at radius 3 is 1.25 bits per heavy atom. The molecule has 0 aliphatic carbocycles. The second kappa shape index (κ2) is 10.3. The van der Waals surface area contributed by atoms with Crippen molar-refractivity contribution in [3.05, 3.63) is 0 Å². The van der Waals surface area contributed by atoms with Crippen LogP contribution in [0.2, 0.25) is 0 Å². The molecule has 2 N–H and O–H groups in total. The molecule has 0 fully saturated rings. The van der Waals surface area contributed by atoms with Gasteiger partial charge in [-0.3, -0.25) is 0 Å². The molecule has 0 spiro atoms. The summed E-state index contributed by atoms with van der Waals surface area (Å²) < 4.78 is 23.1. The Bertz CT molecular complexity index is 58.8. The van der Waals surface area contributed by atoms with Gasteiger partial charge in [0.1, 0.15) is 0 Å². The zero-order valence-electron chi connectivity index (χ0n) is 3.29. The van der Waals surface area contributed by atoms with Crippen LogP contribution >= 0.6 is 54.1 Å². The van der Waals surface area contributed by atoms with Crippen molar-refractivity contribution in [1.29, 1.82) is 0 Å². The fraction of sp³-hybridized carbons (Fsp3) is 0. The van der Waals surface area contributed by atoms with Crippen LogP contribution in [0, 0.1) is 0 Å². The fourth-order valence-corrected chi connectivity index (χ4v) is 0. The molecule has 0 aromatic carbocycles. The molecule has 0 amide bonds. The average molecular weight is 719 g/mol. The van der Waals surface area contributed by atoms with Crippen molar-refractivity contribution < 1.29 is 12.2 Å². The third kappa shape index (κ3) is 58.6. The van der Waals surface area contributed by atoms with Gasteiger partial charge < -0.3 is 0 Å². The van der Waals surface area contributed by atoms with Crippen molar-refractivity contribution in [3.63, 3.8) is 0 Å². The van der Waals surface area contributed by atoms with Gasteiger partial charge in [0.2, 0.25) is 0 Å². The maximum atomic E-state index is 8.76. The Labute approximate surface area is 87.5 Å². The Morgan fingerprint density at radius 2 is 1.25 bits per heavy atom. The van der Waals surface area contributed by atoms with Gasteiger partial charge in [0, 0.05) is 0 Å². The van der Waals surface area contributed by atoms with E-state index in [1.807, 2.05) is 0 Å². The first-order chi connectivity index (χ1) is 3.46. The average Bonchev–Trinajstić information content (AvgIpc) is 1.25. The van der Waals surface area contributed by atoms with E-state index in [4.69, 9.17) is 12.2 Å². The first-order valence-corrected chi connectivity index (χ1v) is 32.6. The molecule has 0 aromatic heterocycles. The second-order valence-corrected chi connectivity index (χ2v) is 76.9. The predicted molar refractivity (Wildman–Crippen MR) is 58.7 cm³/mol. The topological polar surface area (TPSA) is 57.5 Å². The van der Waals surface area contributed by atoms with Crippen LogP contribution in [-0.2, 0) is 3.83 Å². The van der Waals surface area contributed by atoms with Crippen molar-refractivity contribution in [2.45, 2.75) is 0 Å². The van der Waals surface area contributed by atoms with Crippen molar-refractivity contribution in [2.75, 3.05) is 0 Å². The van der Waals surface area contributed by atoms with Crippen LogP contribution in [0.4, 0.5) is 0 Å². The summed E-state index contributed by atoms with van der Waals surface area (Å²) in [5.74, 6) is 0. The summed E-state index contributed by atoms with van der Waals surface area (Å²) in [7, 11) is -0.683. The summed E-state index contributed by atoms with van der Waals surface area (Å²) in [4.78, 5) is 0. The van der Waals surface area contributed by atoms with Gasteiger partial charge >= 0.3 is 90.0 Å². The molecule has 3 nitrogen and oxygen atoms in total. The van der Waals surface area contributed by atoms with E-state index in [9.17, 15) is 0 Å². The van der Waals surface area contributed by atoms with Crippen LogP contribution in [0.1, 0.15) is 0 Å². The molecule has 0 saturated heterocycles. The van der Waals surface area contributed by atoms with E-state index in [0.717, 1.165) is 0 Å². The van der Waals surface area contributed by atoms with Crippen molar-refractivity contribution >= 4 is 77.8 Å². The second-order valence-electron chi connectivity index (χ2n) is 0.422. The molecule has 8 heavy (non-hydrogen) atoms. The molecule has 0 atom stereocenters. The Balaban J connectivity index is 0. The van der Waals surface area contributed by atoms with E-state index < -0.39 is 23.7 Å². The number of hydrogen-bond donors (Lipinski definition) is 2.